The van der Waals surface area contributed by atoms with Crippen molar-refractivity contribution in [3.63, 3.8) is 0 Å². The number of hydrogen-bond donors (Lipinski definition) is 2. The van der Waals surface area contributed by atoms with Gasteiger partial charge < -0.3 is 19.9 Å². The second kappa shape index (κ2) is 7.51. The van der Waals surface area contributed by atoms with E-state index in [-0.39, 0.29) is 13.2 Å². The van der Waals surface area contributed by atoms with Crippen LogP contribution in [0.15, 0.2) is 24.3 Å². The molecule has 1 rings (SSSR count). The molecule has 0 heterocycles. The van der Waals surface area contributed by atoms with Crippen LogP contribution in [-0.2, 0) is 11.2 Å². The van der Waals surface area contributed by atoms with Crippen LogP contribution < -0.4 is 10.1 Å². The number of para-hydroxylation sites is 1. The molecule has 0 spiro atoms. The zero-order valence-corrected chi connectivity index (χ0v) is 9.81. The first-order chi connectivity index (χ1) is 8.27. The maximum absolute atomic E-state index is 10.9. The van der Waals surface area contributed by atoms with Gasteiger partial charge in [0.15, 0.2) is 0 Å². The molecule has 2 N–H and O–H groups in total. The minimum Gasteiger partial charge on any atom is -0.491 e. The molecule has 0 aliphatic heterocycles. The molecule has 0 aliphatic rings. The molecule has 0 aliphatic carbocycles. The molecule has 5 nitrogen and oxygen atoms in total. The molecule has 94 valence electrons. The van der Waals surface area contributed by atoms with E-state index in [1.54, 1.807) is 0 Å². The third-order valence-corrected chi connectivity index (χ3v) is 2.17. The van der Waals surface area contributed by atoms with Crippen molar-refractivity contribution in [2.24, 2.45) is 0 Å². The number of hydrogen-bond acceptors (Lipinski definition) is 4. The normalized spacial score (nSPS) is 9.76. The van der Waals surface area contributed by atoms with Crippen LogP contribution in [0.5, 0.6) is 5.75 Å². The maximum Gasteiger partial charge on any atom is 0.406 e. The summed E-state index contributed by atoms with van der Waals surface area (Å²) in [7, 11) is 1.33. The Labute approximate surface area is 100 Å². The Balaban J connectivity index is 2.48. The number of aliphatic hydroxyl groups is 1. The van der Waals surface area contributed by atoms with E-state index in [1.165, 1.54) is 7.11 Å². The average Bonchev–Trinajstić information content (AvgIpc) is 2.37. The number of amides is 1. The zero-order chi connectivity index (χ0) is 12.5. The van der Waals surface area contributed by atoms with Crippen LogP contribution in [0.25, 0.3) is 0 Å². The Bertz CT molecular complexity index is 354. The lowest BCUT2D eigenvalue weighted by atomic mass is 10.1. The SMILES string of the molecule is COC(=O)NCCc1ccccc1OCCO. The van der Waals surface area contributed by atoms with Gasteiger partial charge in [-0.3, -0.25) is 0 Å². The average molecular weight is 239 g/mol. The summed E-state index contributed by atoms with van der Waals surface area (Å²) in [5, 5.41) is 11.3. The van der Waals surface area contributed by atoms with Gasteiger partial charge in [-0.15, -0.1) is 0 Å². The van der Waals surface area contributed by atoms with E-state index in [1.807, 2.05) is 24.3 Å². The molecule has 1 aromatic carbocycles. The predicted molar refractivity (Wildman–Crippen MR) is 63.1 cm³/mol. The van der Waals surface area contributed by atoms with Crippen LogP contribution in [0.4, 0.5) is 4.79 Å². The number of rotatable bonds is 6. The Morgan fingerprint density at radius 2 is 2.18 bits per heavy atom. The lowest BCUT2D eigenvalue weighted by Gasteiger charge is -2.10. The zero-order valence-electron chi connectivity index (χ0n) is 9.81. The van der Waals surface area contributed by atoms with Crippen molar-refractivity contribution in [3.8, 4) is 5.75 Å². The Morgan fingerprint density at radius 1 is 1.41 bits per heavy atom. The summed E-state index contributed by atoms with van der Waals surface area (Å²) in [5.41, 5.74) is 0.984. The van der Waals surface area contributed by atoms with Crippen molar-refractivity contribution in [3.05, 3.63) is 29.8 Å². The quantitative estimate of drug-likeness (QED) is 0.775. The first-order valence-electron chi connectivity index (χ1n) is 5.41. The van der Waals surface area contributed by atoms with E-state index in [9.17, 15) is 4.79 Å². The molecule has 0 saturated heterocycles. The van der Waals surface area contributed by atoms with Gasteiger partial charge in [0.1, 0.15) is 12.4 Å². The fourth-order valence-electron chi connectivity index (χ4n) is 1.38. The molecule has 0 radical (unpaired) electrons. The van der Waals surface area contributed by atoms with Crippen molar-refractivity contribution in [2.75, 3.05) is 26.9 Å². The molecular formula is C12H17NO4. The van der Waals surface area contributed by atoms with Gasteiger partial charge in [0, 0.05) is 6.54 Å². The minimum atomic E-state index is -0.446. The highest BCUT2D eigenvalue weighted by atomic mass is 16.5. The Hall–Kier alpha value is -1.75. The highest BCUT2D eigenvalue weighted by molar-refractivity contribution is 5.66. The number of methoxy groups -OCH3 is 1. The summed E-state index contributed by atoms with van der Waals surface area (Å²) in [6.45, 7) is 0.725. The van der Waals surface area contributed by atoms with Gasteiger partial charge in [0.05, 0.1) is 13.7 Å². The highest BCUT2D eigenvalue weighted by Crippen LogP contribution is 2.17. The van der Waals surface area contributed by atoms with Crippen LogP contribution in [0.1, 0.15) is 5.56 Å². The van der Waals surface area contributed by atoms with Crippen LogP contribution in [-0.4, -0.2) is 38.1 Å². The number of benzene rings is 1. The molecule has 1 aromatic rings. The Morgan fingerprint density at radius 3 is 2.88 bits per heavy atom. The Kier molecular flexibility index (Phi) is 5.88. The molecule has 5 heteroatoms. The summed E-state index contributed by atoms with van der Waals surface area (Å²) in [6, 6.07) is 7.53. The molecule has 0 bridgehead atoms. The monoisotopic (exact) mass is 239 g/mol. The van der Waals surface area contributed by atoms with Gasteiger partial charge in [-0.1, -0.05) is 18.2 Å². The lowest BCUT2D eigenvalue weighted by Crippen LogP contribution is -2.25. The standard InChI is InChI=1S/C12H17NO4/c1-16-12(15)13-7-6-10-4-2-3-5-11(10)17-9-8-14/h2-5,14H,6-9H2,1H3,(H,13,15). The summed E-state index contributed by atoms with van der Waals surface area (Å²) in [5.74, 6) is 0.730. The first-order valence-corrected chi connectivity index (χ1v) is 5.41. The van der Waals surface area contributed by atoms with Crippen LogP contribution in [0, 0.1) is 0 Å². The van der Waals surface area contributed by atoms with E-state index < -0.39 is 6.09 Å². The molecule has 0 unspecified atom stereocenters. The van der Waals surface area contributed by atoms with Gasteiger partial charge in [-0.2, -0.15) is 0 Å². The lowest BCUT2D eigenvalue weighted by molar-refractivity contribution is 0.171. The second-order valence-electron chi connectivity index (χ2n) is 3.35. The smallest absolute Gasteiger partial charge is 0.406 e. The summed E-state index contributed by atoms with van der Waals surface area (Å²) >= 11 is 0. The van der Waals surface area contributed by atoms with E-state index in [0.29, 0.717) is 13.0 Å². The number of nitrogens with one attached hydrogen (secondary N) is 1. The topological polar surface area (TPSA) is 67.8 Å². The molecular weight excluding hydrogens is 222 g/mol. The fourth-order valence-corrected chi connectivity index (χ4v) is 1.38. The predicted octanol–water partition coefficient (Wildman–Crippen LogP) is 0.956. The van der Waals surface area contributed by atoms with E-state index >= 15 is 0 Å². The number of carbonyl (C=O) groups excluding carboxylic acids is 1. The number of ether oxygens (including phenoxy) is 2. The maximum atomic E-state index is 10.9. The number of aliphatic hydroxyl groups excluding tert-OH is 1. The molecule has 0 atom stereocenters. The largest absolute Gasteiger partial charge is 0.491 e. The minimum absolute atomic E-state index is 0.0191. The van der Waals surface area contributed by atoms with E-state index in [0.717, 1.165) is 11.3 Å². The molecule has 0 aromatic heterocycles. The van der Waals surface area contributed by atoms with Gasteiger partial charge in [-0.05, 0) is 18.1 Å². The van der Waals surface area contributed by atoms with Crippen molar-refractivity contribution in [1.82, 2.24) is 5.32 Å². The van der Waals surface area contributed by atoms with Gasteiger partial charge in [-0.25, -0.2) is 4.79 Å². The van der Waals surface area contributed by atoms with Crippen LogP contribution in [0.3, 0.4) is 0 Å². The van der Waals surface area contributed by atoms with E-state index in [4.69, 9.17) is 9.84 Å². The van der Waals surface area contributed by atoms with Crippen LogP contribution >= 0.6 is 0 Å². The van der Waals surface area contributed by atoms with Gasteiger partial charge in [0.2, 0.25) is 0 Å². The number of carbonyl (C=O) groups is 1. The van der Waals surface area contributed by atoms with Crippen molar-refractivity contribution >= 4 is 6.09 Å². The summed E-state index contributed by atoms with van der Waals surface area (Å²) < 4.78 is 9.85. The van der Waals surface area contributed by atoms with Gasteiger partial charge >= 0.3 is 6.09 Å². The second-order valence-corrected chi connectivity index (χ2v) is 3.35. The summed E-state index contributed by atoms with van der Waals surface area (Å²) in [4.78, 5) is 10.9. The molecule has 17 heavy (non-hydrogen) atoms. The molecule has 0 saturated carbocycles. The third kappa shape index (κ3) is 4.74. The first kappa shape index (κ1) is 13.3. The number of alkyl carbamates (subject to hydrolysis) is 1. The fraction of sp³-hybridized carbons (Fsp3) is 0.417. The van der Waals surface area contributed by atoms with Crippen molar-refractivity contribution in [1.29, 1.82) is 0 Å². The molecule has 1 amide bonds. The summed E-state index contributed by atoms with van der Waals surface area (Å²) in [6.07, 6.45) is 0.204. The van der Waals surface area contributed by atoms with Gasteiger partial charge in [0.25, 0.3) is 0 Å². The van der Waals surface area contributed by atoms with E-state index in [2.05, 4.69) is 10.1 Å². The highest BCUT2D eigenvalue weighted by Gasteiger charge is 2.04. The van der Waals surface area contributed by atoms with Crippen molar-refractivity contribution < 1.29 is 19.4 Å². The third-order valence-electron chi connectivity index (χ3n) is 2.17. The molecule has 0 fully saturated rings. The van der Waals surface area contributed by atoms with Crippen LogP contribution in [0.2, 0.25) is 0 Å². The van der Waals surface area contributed by atoms with Crippen molar-refractivity contribution in [2.45, 2.75) is 6.42 Å².